The van der Waals surface area contributed by atoms with E-state index in [2.05, 4.69) is 58.4 Å². The Morgan fingerprint density at radius 2 is 2.10 bits per heavy atom. The molecule has 1 aromatic heterocycles. The highest BCUT2D eigenvalue weighted by Crippen LogP contribution is 2.30. The number of aryl methyl sites for hydroxylation is 3. The highest BCUT2D eigenvalue weighted by molar-refractivity contribution is 9.10. The van der Waals surface area contributed by atoms with Crippen LogP contribution < -0.4 is 5.32 Å². The summed E-state index contributed by atoms with van der Waals surface area (Å²) in [5.41, 5.74) is 4.48. The van der Waals surface area contributed by atoms with E-state index >= 15 is 0 Å². The summed E-state index contributed by atoms with van der Waals surface area (Å²) in [6.07, 6.45) is 0.812. The Morgan fingerprint density at radius 1 is 1.38 bits per heavy atom. The van der Waals surface area contributed by atoms with Gasteiger partial charge in [0.25, 0.3) is 0 Å². The molecule has 0 spiro atoms. The lowest BCUT2D eigenvalue weighted by atomic mass is 10.00. The molecule has 1 N–H and O–H groups in total. The average Bonchev–Trinajstić information content (AvgIpc) is 2.74. The fraction of sp³-hybridized carbons (Fsp3) is 0.438. The minimum absolute atomic E-state index is 0.193. The Labute approximate surface area is 139 Å². The maximum absolute atomic E-state index is 6.43. The van der Waals surface area contributed by atoms with Crippen LogP contribution in [0.3, 0.4) is 0 Å². The van der Waals surface area contributed by atoms with Gasteiger partial charge >= 0.3 is 0 Å². The van der Waals surface area contributed by atoms with E-state index in [0.29, 0.717) is 0 Å². The molecule has 0 saturated carbocycles. The summed E-state index contributed by atoms with van der Waals surface area (Å²) in [4.78, 5) is 0. The van der Waals surface area contributed by atoms with Crippen LogP contribution in [-0.2, 0) is 13.0 Å². The van der Waals surface area contributed by atoms with Crippen molar-refractivity contribution in [3.8, 4) is 0 Å². The molecule has 2 rings (SSSR count). The van der Waals surface area contributed by atoms with Gasteiger partial charge in [-0.1, -0.05) is 45.2 Å². The zero-order valence-electron chi connectivity index (χ0n) is 12.9. The van der Waals surface area contributed by atoms with Gasteiger partial charge in [0.2, 0.25) is 0 Å². The van der Waals surface area contributed by atoms with Gasteiger partial charge in [-0.15, -0.1) is 0 Å². The number of benzene rings is 1. The Morgan fingerprint density at radius 3 is 2.71 bits per heavy atom. The fourth-order valence-corrected chi connectivity index (χ4v) is 3.29. The van der Waals surface area contributed by atoms with Crippen LogP contribution >= 0.6 is 27.5 Å². The number of halogens is 2. The Hall–Kier alpha value is -0.840. The van der Waals surface area contributed by atoms with Gasteiger partial charge in [-0.05, 0) is 39.4 Å². The number of aromatic nitrogens is 2. The third-order valence-corrected chi connectivity index (χ3v) is 4.94. The van der Waals surface area contributed by atoms with Crippen molar-refractivity contribution in [1.82, 2.24) is 15.1 Å². The van der Waals surface area contributed by atoms with Crippen LogP contribution in [0, 0.1) is 13.8 Å². The molecule has 1 aromatic carbocycles. The molecule has 0 fully saturated rings. The molecule has 0 saturated heterocycles. The number of hydrogen-bond acceptors (Lipinski definition) is 2. The molecule has 0 aliphatic heterocycles. The van der Waals surface area contributed by atoms with E-state index < -0.39 is 0 Å². The normalized spacial score (nSPS) is 12.7. The third kappa shape index (κ3) is 3.50. The summed E-state index contributed by atoms with van der Waals surface area (Å²) in [5.74, 6) is 0. The van der Waals surface area contributed by atoms with Crippen LogP contribution in [-0.4, -0.2) is 16.8 Å². The van der Waals surface area contributed by atoms with E-state index in [0.717, 1.165) is 33.8 Å². The van der Waals surface area contributed by atoms with Crippen LogP contribution in [0.1, 0.15) is 35.5 Å². The highest BCUT2D eigenvalue weighted by Gasteiger charge is 2.19. The lowest BCUT2D eigenvalue weighted by molar-refractivity contribution is 0.539. The van der Waals surface area contributed by atoms with Gasteiger partial charge in [0, 0.05) is 23.5 Å². The lowest BCUT2D eigenvalue weighted by Gasteiger charge is -2.19. The van der Waals surface area contributed by atoms with Crippen LogP contribution in [0.4, 0.5) is 0 Å². The molecule has 0 aliphatic carbocycles. The largest absolute Gasteiger partial charge is 0.313 e. The maximum atomic E-state index is 6.43. The van der Waals surface area contributed by atoms with Crippen LogP contribution in [0.2, 0.25) is 5.02 Å². The van der Waals surface area contributed by atoms with E-state index in [1.807, 2.05) is 18.7 Å². The minimum atomic E-state index is 0.193. The molecule has 2 aromatic rings. The number of likely N-dealkylation sites (N-methyl/N-ethyl adjacent to an activating group) is 1. The number of nitrogens with one attached hydrogen (secondary N) is 1. The molecule has 1 atom stereocenters. The Balaban J connectivity index is 2.38. The first-order valence-corrected chi connectivity index (χ1v) is 8.30. The molecule has 21 heavy (non-hydrogen) atoms. The third-order valence-electron chi connectivity index (χ3n) is 3.73. The van der Waals surface area contributed by atoms with Gasteiger partial charge in [0.05, 0.1) is 16.4 Å². The highest BCUT2D eigenvalue weighted by atomic mass is 79.9. The monoisotopic (exact) mass is 369 g/mol. The summed E-state index contributed by atoms with van der Waals surface area (Å²) in [5, 5.41) is 8.67. The first-order chi connectivity index (χ1) is 9.97. The summed E-state index contributed by atoms with van der Waals surface area (Å²) < 4.78 is 3.11. The SMILES string of the molecule is CCn1nc(C)c(Cl)c1CC(NC)c1cc(C)ccc1Br. The second-order valence-corrected chi connectivity index (χ2v) is 6.46. The van der Waals surface area contributed by atoms with E-state index in [1.165, 1.54) is 11.1 Å². The second-order valence-electron chi connectivity index (χ2n) is 5.23. The number of hydrogen-bond donors (Lipinski definition) is 1. The van der Waals surface area contributed by atoms with Crippen molar-refractivity contribution < 1.29 is 0 Å². The van der Waals surface area contributed by atoms with Crippen LogP contribution in [0.25, 0.3) is 0 Å². The smallest absolute Gasteiger partial charge is 0.0847 e. The predicted octanol–water partition coefficient (Wildman–Crippen LogP) is 4.44. The zero-order valence-corrected chi connectivity index (χ0v) is 15.2. The van der Waals surface area contributed by atoms with E-state index in [1.54, 1.807) is 0 Å². The van der Waals surface area contributed by atoms with Crippen molar-refractivity contribution >= 4 is 27.5 Å². The molecular formula is C16H21BrClN3. The number of nitrogens with zero attached hydrogens (tertiary/aromatic N) is 2. The summed E-state index contributed by atoms with van der Waals surface area (Å²) >= 11 is 10.1. The topological polar surface area (TPSA) is 29.9 Å². The van der Waals surface area contributed by atoms with Crippen molar-refractivity contribution in [3.63, 3.8) is 0 Å². The molecular weight excluding hydrogens is 350 g/mol. The standard InChI is InChI=1S/C16H21BrClN3/c1-5-21-15(16(18)11(3)20-21)9-14(19-4)12-8-10(2)6-7-13(12)17/h6-8,14,19H,5,9H2,1-4H3. The van der Waals surface area contributed by atoms with Gasteiger partial charge in [0.1, 0.15) is 0 Å². The van der Waals surface area contributed by atoms with Gasteiger partial charge in [0.15, 0.2) is 0 Å². The van der Waals surface area contributed by atoms with Crippen LogP contribution in [0.5, 0.6) is 0 Å². The molecule has 5 heteroatoms. The molecule has 0 amide bonds. The minimum Gasteiger partial charge on any atom is -0.313 e. The molecule has 1 unspecified atom stereocenters. The average molecular weight is 371 g/mol. The molecule has 0 bridgehead atoms. The van der Waals surface area contributed by atoms with E-state index in [4.69, 9.17) is 11.6 Å². The maximum Gasteiger partial charge on any atom is 0.0847 e. The molecule has 3 nitrogen and oxygen atoms in total. The Kier molecular flexibility index (Phi) is 5.47. The van der Waals surface area contributed by atoms with Crippen molar-refractivity contribution in [2.75, 3.05) is 7.05 Å². The molecule has 0 radical (unpaired) electrons. The predicted molar refractivity (Wildman–Crippen MR) is 92.0 cm³/mol. The van der Waals surface area contributed by atoms with Gasteiger partial charge in [-0.2, -0.15) is 5.10 Å². The molecule has 114 valence electrons. The fourth-order valence-electron chi connectivity index (χ4n) is 2.56. The van der Waals surface area contributed by atoms with Crippen molar-refractivity contribution in [2.24, 2.45) is 0 Å². The molecule has 1 heterocycles. The first kappa shape index (κ1) is 16.5. The number of rotatable bonds is 5. The van der Waals surface area contributed by atoms with Gasteiger partial charge in [-0.25, -0.2) is 0 Å². The van der Waals surface area contributed by atoms with E-state index in [-0.39, 0.29) is 6.04 Å². The lowest BCUT2D eigenvalue weighted by Crippen LogP contribution is -2.21. The second kappa shape index (κ2) is 6.95. The summed E-state index contributed by atoms with van der Waals surface area (Å²) in [7, 11) is 1.98. The van der Waals surface area contributed by atoms with Crippen molar-refractivity contribution in [3.05, 3.63) is 50.2 Å². The summed E-state index contributed by atoms with van der Waals surface area (Å²) in [6.45, 7) is 6.97. The summed E-state index contributed by atoms with van der Waals surface area (Å²) in [6, 6.07) is 6.60. The molecule has 0 aliphatic rings. The van der Waals surface area contributed by atoms with E-state index in [9.17, 15) is 0 Å². The van der Waals surface area contributed by atoms with Gasteiger partial charge < -0.3 is 5.32 Å². The van der Waals surface area contributed by atoms with Crippen molar-refractivity contribution in [2.45, 2.75) is 39.8 Å². The van der Waals surface area contributed by atoms with Gasteiger partial charge in [-0.3, -0.25) is 4.68 Å². The zero-order chi connectivity index (χ0) is 15.6. The van der Waals surface area contributed by atoms with Crippen molar-refractivity contribution in [1.29, 1.82) is 0 Å². The first-order valence-electron chi connectivity index (χ1n) is 7.13. The Bertz CT molecular complexity index is 637. The van der Waals surface area contributed by atoms with Crippen LogP contribution in [0.15, 0.2) is 22.7 Å². The quantitative estimate of drug-likeness (QED) is 0.843.